The lowest BCUT2D eigenvalue weighted by Crippen LogP contribution is -2.29. The fourth-order valence-corrected chi connectivity index (χ4v) is 2.60. The van der Waals surface area contributed by atoms with Gasteiger partial charge in [-0.25, -0.2) is 0 Å². The van der Waals surface area contributed by atoms with Gasteiger partial charge in [-0.05, 0) is 46.7 Å². The van der Waals surface area contributed by atoms with Gasteiger partial charge in [0.1, 0.15) is 0 Å². The first-order valence-corrected chi connectivity index (χ1v) is 8.03. The maximum absolute atomic E-state index is 5.33. The molecule has 2 N–H and O–H groups in total. The van der Waals surface area contributed by atoms with E-state index in [0.29, 0.717) is 5.11 Å². The van der Waals surface area contributed by atoms with Crippen molar-refractivity contribution in [1.29, 1.82) is 0 Å². The van der Waals surface area contributed by atoms with Crippen LogP contribution in [0.3, 0.4) is 0 Å². The van der Waals surface area contributed by atoms with E-state index in [2.05, 4.69) is 31.7 Å². The standard InChI is InChI=1S/C14H15BrN4O2S/c15-10-7-17-19(8-10)5-1-4-16-14(22)18-11-2-3-12-13(6-11)21-9-20-12/h2-3,6-8H,1,4-5,9H2,(H2,16,18,22). The molecule has 2 heterocycles. The van der Waals surface area contributed by atoms with Gasteiger partial charge in [-0.1, -0.05) is 0 Å². The Balaban J connectivity index is 1.41. The Morgan fingerprint density at radius 2 is 2.23 bits per heavy atom. The van der Waals surface area contributed by atoms with Gasteiger partial charge in [-0.15, -0.1) is 0 Å². The number of fused-ring (bicyclic) bond motifs is 1. The fourth-order valence-electron chi connectivity index (χ4n) is 2.05. The SMILES string of the molecule is S=C(NCCCn1cc(Br)cn1)Nc1ccc2c(c1)OCO2. The van der Waals surface area contributed by atoms with E-state index in [1.165, 1.54) is 0 Å². The fraction of sp³-hybridized carbons (Fsp3) is 0.286. The highest BCUT2D eigenvalue weighted by Gasteiger charge is 2.13. The smallest absolute Gasteiger partial charge is 0.231 e. The molecule has 1 aromatic heterocycles. The summed E-state index contributed by atoms with van der Waals surface area (Å²) in [6, 6.07) is 5.64. The van der Waals surface area contributed by atoms with Gasteiger partial charge in [0.15, 0.2) is 16.6 Å². The number of rotatable bonds is 5. The van der Waals surface area contributed by atoms with E-state index in [9.17, 15) is 0 Å². The predicted octanol–water partition coefficient (Wildman–Crippen LogP) is 2.75. The highest BCUT2D eigenvalue weighted by molar-refractivity contribution is 9.10. The van der Waals surface area contributed by atoms with Crippen LogP contribution in [0.15, 0.2) is 35.1 Å². The number of benzene rings is 1. The van der Waals surface area contributed by atoms with Crippen LogP contribution in [0.2, 0.25) is 0 Å². The zero-order valence-electron chi connectivity index (χ0n) is 11.7. The molecule has 116 valence electrons. The van der Waals surface area contributed by atoms with Crippen LogP contribution in [0.4, 0.5) is 5.69 Å². The van der Waals surface area contributed by atoms with Crippen molar-refractivity contribution in [3.63, 3.8) is 0 Å². The topological polar surface area (TPSA) is 60.3 Å². The molecule has 1 aromatic carbocycles. The van der Waals surface area contributed by atoms with Crippen LogP contribution in [-0.4, -0.2) is 28.2 Å². The maximum Gasteiger partial charge on any atom is 0.231 e. The Hall–Kier alpha value is -1.80. The first kappa shape index (κ1) is 15.1. The summed E-state index contributed by atoms with van der Waals surface area (Å²) in [6.07, 6.45) is 4.65. The van der Waals surface area contributed by atoms with E-state index in [1.807, 2.05) is 29.1 Å². The summed E-state index contributed by atoms with van der Waals surface area (Å²) in [4.78, 5) is 0. The Kier molecular flexibility index (Phi) is 4.79. The van der Waals surface area contributed by atoms with Crippen molar-refractivity contribution in [3.8, 4) is 11.5 Å². The molecule has 22 heavy (non-hydrogen) atoms. The summed E-state index contributed by atoms with van der Waals surface area (Å²) < 4.78 is 13.5. The number of nitrogens with one attached hydrogen (secondary N) is 2. The largest absolute Gasteiger partial charge is 0.454 e. The molecule has 0 saturated heterocycles. The van der Waals surface area contributed by atoms with Crippen LogP contribution in [0.1, 0.15) is 6.42 Å². The number of anilines is 1. The molecule has 0 fully saturated rings. The monoisotopic (exact) mass is 382 g/mol. The van der Waals surface area contributed by atoms with Crippen molar-refractivity contribution in [3.05, 3.63) is 35.1 Å². The van der Waals surface area contributed by atoms with Crippen LogP contribution >= 0.6 is 28.1 Å². The summed E-state index contributed by atoms with van der Waals surface area (Å²) in [6.45, 7) is 1.88. The molecular formula is C14H15BrN4O2S. The van der Waals surface area contributed by atoms with Gasteiger partial charge in [-0.2, -0.15) is 5.10 Å². The number of ether oxygens (including phenoxy) is 2. The Labute approximate surface area is 141 Å². The molecule has 0 radical (unpaired) electrons. The van der Waals surface area contributed by atoms with Gasteiger partial charge < -0.3 is 20.1 Å². The number of nitrogens with zero attached hydrogens (tertiary/aromatic N) is 2. The van der Waals surface area contributed by atoms with Crippen molar-refractivity contribution in [1.82, 2.24) is 15.1 Å². The van der Waals surface area contributed by atoms with Crippen molar-refractivity contribution < 1.29 is 9.47 Å². The predicted molar refractivity (Wildman–Crippen MR) is 91.3 cm³/mol. The average molecular weight is 383 g/mol. The third-order valence-electron chi connectivity index (χ3n) is 3.08. The molecule has 1 aliphatic rings. The molecule has 0 spiro atoms. The summed E-state index contributed by atoms with van der Waals surface area (Å²) in [5, 5.41) is 11.1. The molecule has 6 nitrogen and oxygen atoms in total. The number of aromatic nitrogens is 2. The van der Waals surface area contributed by atoms with Crippen LogP contribution in [0.5, 0.6) is 11.5 Å². The highest BCUT2D eigenvalue weighted by atomic mass is 79.9. The van der Waals surface area contributed by atoms with Crippen molar-refractivity contribution in [2.45, 2.75) is 13.0 Å². The van der Waals surface area contributed by atoms with Gasteiger partial charge in [0.25, 0.3) is 0 Å². The summed E-state index contributed by atoms with van der Waals surface area (Å²) in [7, 11) is 0. The van der Waals surface area contributed by atoms with E-state index in [4.69, 9.17) is 21.7 Å². The zero-order valence-corrected chi connectivity index (χ0v) is 14.1. The van der Waals surface area contributed by atoms with Crippen LogP contribution in [0, 0.1) is 0 Å². The minimum absolute atomic E-state index is 0.269. The number of thiocarbonyl (C=S) groups is 1. The lowest BCUT2D eigenvalue weighted by atomic mass is 10.3. The molecule has 0 saturated carbocycles. The summed E-state index contributed by atoms with van der Waals surface area (Å²) in [5.74, 6) is 1.49. The van der Waals surface area contributed by atoms with Gasteiger partial charge in [-0.3, -0.25) is 4.68 Å². The molecule has 1 aliphatic heterocycles. The molecule has 3 rings (SSSR count). The Morgan fingerprint density at radius 3 is 3.05 bits per heavy atom. The van der Waals surface area contributed by atoms with Gasteiger partial charge in [0.2, 0.25) is 6.79 Å². The van der Waals surface area contributed by atoms with Gasteiger partial charge >= 0.3 is 0 Å². The lowest BCUT2D eigenvalue weighted by molar-refractivity contribution is 0.174. The third kappa shape index (κ3) is 3.89. The minimum atomic E-state index is 0.269. The van der Waals surface area contributed by atoms with Crippen molar-refractivity contribution in [2.24, 2.45) is 0 Å². The number of hydrogen-bond acceptors (Lipinski definition) is 4. The van der Waals surface area contributed by atoms with Gasteiger partial charge in [0, 0.05) is 31.0 Å². The molecule has 8 heteroatoms. The minimum Gasteiger partial charge on any atom is -0.454 e. The molecular weight excluding hydrogens is 368 g/mol. The maximum atomic E-state index is 5.33. The molecule has 0 unspecified atom stereocenters. The van der Waals surface area contributed by atoms with E-state index in [-0.39, 0.29) is 6.79 Å². The Bertz CT molecular complexity index is 677. The molecule has 0 bridgehead atoms. The molecule has 0 atom stereocenters. The Morgan fingerprint density at radius 1 is 1.36 bits per heavy atom. The van der Waals surface area contributed by atoms with Crippen molar-refractivity contribution in [2.75, 3.05) is 18.7 Å². The highest BCUT2D eigenvalue weighted by Crippen LogP contribution is 2.34. The zero-order chi connectivity index (χ0) is 15.4. The normalized spacial score (nSPS) is 12.2. The van der Waals surface area contributed by atoms with E-state index in [0.717, 1.165) is 41.2 Å². The van der Waals surface area contributed by atoms with Crippen LogP contribution in [-0.2, 0) is 6.54 Å². The van der Waals surface area contributed by atoms with E-state index in [1.54, 1.807) is 6.20 Å². The number of halogens is 1. The average Bonchev–Trinajstić information content (AvgIpc) is 3.12. The second kappa shape index (κ2) is 6.97. The quantitative estimate of drug-likeness (QED) is 0.612. The van der Waals surface area contributed by atoms with Crippen LogP contribution in [0.25, 0.3) is 0 Å². The first-order valence-electron chi connectivity index (χ1n) is 6.83. The molecule has 0 aliphatic carbocycles. The molecule has 2 aromatic rings. The van der Waals surface area contributed by atoms with Gasteiger partial charge in [0.05, 0.1) is 10.7 Å². The second-order valence-electron chi connectivity index (χ2n) is 4.72. The van der Waals surface area contributed by atoms with E-state index < -0.39 is 0 Å². The summed E-state index contributed by atoms with van der Waals surface area (Å²) >= 11 is 8.65. The summed E-state index contributed by atoms with van der Waals surface area (Å²) in [5.41, 5.74) is 0.873. The van der Waals surface area contributed by atoms with E-state index >= 15 is 0 Å². The second-order valence-corrected chi connectivity index (χ2v) is 6.05. The first-order chi connectivity index (χ1) is 10.7. The van der Waals surface area contributed by atoms with Crippen molar-refractivity contribution >= 4 is 38.9 Å². The van der Waals surface area contributed by atoms with Crippen LogP contribution < -0.4 is 20.1 Å². The number of hydrogen-bond donors (Lipinski definition) is 2. The third-order valence-corrected chi connectivity index (χ3v) is 3.74. The lowest BCUT2D eigenvalue weighted by Gasteiger charge is -2.11. The molecule has 0 amide bonds. The number of aryl methyl sites for hydroxylation is 1.